The summed E-state index contributed by atoms with van der Waals surface area (Å²) in [7, 11) is 0. The molecule has 1 aliphatic heterocycles. The molecule has 122 valence electrons. The number of amides is 1. The fourth-order valence-electron chi connectivity index (χ4n) is 3.23. The molecule has 2 aromatic heterocycles. The minimum atomic E-state index is -0.442. The van der Waals surface area contributed by atoms with Crippen molar-refractivity contribution in [1.29, 1.82) is 0 Å². The van der Waals surface area contributed by atoms with Gasteiger partial charge in [-0.05, 0) is 31.5 Å². The van der Waals surface area contributed by atoms with Crippen molar-refractivity contribution in [2.45, 2.75) is 26.3 Å². The van der Waals surface area contributed by atoms with E-state index in [0.717, 1.165) is 29.1 Å². The first kappa shape index (κ1) is 14.7. The van der Waals surface area contributed by atoms with Crippen LogP contribution in [0, 0.1) is 12.7 Å². The first-order chi connectivity index (χ1) is 11.5. The molecule has 1 aliphatic rings. The Morgan fingerprint density at radius 1 is 1.46 bits per heavy atom. The quantitative estimate of drug-likeness (QED) is 0.755. The van der Waals surface area contributed by atoms with Crippen molar-refractivity contribution in [3.8, 4) is 11.4 Å². The van der Waals surface area contributed by atoms with E-state index in [1.54, 1.807) is 31.5 Å². The van der Waals surface area contributed by atoms with Crippen molar-refractivity contribution >= 4 is 11.6 Å². The highest BCUT2D eigenvalue weighted by Crippen LogP contribution is 2.35. The molecule has 1 aromatic carbocycles. The van der Waals surface area contributed by atoms with Crippen molar-refractivity contribution in [1.82, 2.24) is 14.5 Å². The Hall–Kier alpha value is -2.89. The van der Waals surface area contributed by atoms with Crippen molar-refractivity contribution in [3.05, 3.63) is 59.4 Å². The van der Waals surface area contributed by atoms with E-state index in [4.69, 9.17) is 0 Å². The number of rotatable bonds is 2. The number of benzene rings is 1. The summed E-state index contributed by atoms with van der Waals surface area (Å²) in [5, 5.41) is 2.65. The van der Waals surface area contributed by atoms with Gasteiger partial charge in [0.1, 0.15) is 11.6 Å². The predicted molar refractivity (Wildman–Crippen MR) is 89.5 cm³/mol. The summed E-state index contributed by atoms with van der Waals surface area (Å²) in [5.41, 5.74) is 3.23. The van der Waals surface area contributed by atoms with Crippen LogP contribution in [-0.4, -0.2) is 20.4 Å². The number of hydrogen-bond donors (Lipinski definition) is 2. The fourth-order valence-corrected chi connectivity index (χ4v) is 3.23. The predicted octanol–water partition coefficient (Wildman–Crippen LogP) is 3.70. The molecule has 3 aromatic rings. The van der Waals surface area contributed by atoms with Gasteiger partial charge in [-0.15, -0.1) is 0 Å². The van der Waals surface area contributed by atoms with Crippen LogP contribution in [0.3, 0.4) is 0 Å². The lowest BCUT2D eigenvalue weighted by Crippen LogP contribution is -2.18. The van der Waals surface area contributed by atoms with Gasteiger partial charge in [-0.2, -0.15) is 0 Å². The van der Waals surface area contributed by atoms with Crippen molar-refractivity contribution in [2.24, 2.45) is 0 Å². The number of fused-ring (bicyclic) bond motifs is 3. The van der Waals surface area contributed by atoms with Gasteiger partial charge in [-0.1, -0.05) is 6.07 Å². The van der Waals surface area contributed by atoms with Gasteiger partial charge in [0, 0.05) is 36.7 Å². The molecule has 1 atom stereocenters. The number of carbonyl (C=O) groups is 1. The van der Waals surface area contributed by atoms with Crippen molar-refractivity contribution in [3.63, 3.8) is 0 Å². The van der Waals surface area contributed by atoms with E-state index in [2.05, 4.69) is 26.8 Å². The lowest BCUT2D eigenvalue weighted by atomic mass is 10.0. The average Bonchev–Trinajstić information content (AvgIpc) is 3.16. The number of imidazole rings is 1. The molecular weight excluding hydrogens is 307 g/mol. The number of aryl methyl sites for hydroxylation is 1. The number of aromatic amines is 1. The van der Waals surface area contributed by atoms with Crippen LogP contribution in [0.25, 0.3) is 11.4 Å². The van der Waals surface area contributed by atoms with E-state index < -0.39 is 5.82 Å². The molecule has 24 heavy (non-hydrogen) atoms. The first-order valence-corrected chi connectivity index (χ1v) is 7.85. The van der Waals surface area contributed by atoms with Gasteiger partial charge in [0.15, 0.2) is 0 Å². The molecule has 5 nitrogen and oxygen atoms in total. The molecule has 2 N–H and O–H groups in total. The number of aromatic nitrogens is 3. The van der Waals surface area contributed by atoms with Gasteiger partial charge in [0.2, 0.25) is 0 Å². The smallest absolute Gasteiger partial charge is 0.258 e. The van der Waals surface area contributed by atoms with Gasteiger partial charge < -0.3 is 14.9 Å². The second-order valence-electron chi connectivity index (χ2n) is 6.20. The van der Waals surface area contributed by atoms with Gasteiger partial charge in [0.25, 0.3) is 5.91 Å². The van der Waals surface area contributed by atoms with E-state index in [9.17, 15) is 9.18 Å². The van der Waals surface area contributed by atoms with Crippen molar-refractivity contribution < 1.29 is 9.18 Å². The summed E-state index contributed by atoms with van der Waals surface area (Å²) in [6.07, 6.45) is 6.11. The molecule has 0 radical (unpaired) electrons. The maximum Gasteiger partial charge on any atom is 0.258 e. The van der Waals surface area contributed by atoms with Gasteiger partial charge in [-0.25, -0.2) is 9.37 Å². The summed E-state index contributed by atoms with van der Waals surface area (Å²) < 4.78 is 16.0. The highest BCUT2D eigenvalue weighted by molar-refractivity contribution is 6.08. The zero-order valence-electron chi connectivity index (χ0n) is 13.4. The van der Waals surface area contributed by atoms with Crippen molar-refractivity contribution in [2.75, 3.05) is 5.32 Å². The lowest BCUT2D eigenvalue weighted by molar-refractivity contribution is 0.102. The topological polar surface area (TPSA) is 62.7 Å². The number of nitrogens with zero attached hydrogens (tertiary/aromatic N) is 2. The Balaban J connectivity index is 1.71. The summed E-state index contributed by atoms with van der Waals surface area (Å²) in [6.45, 7) is 3.91. The molecule has 0 spiro atoms. The molecule has 6 heteroatoms. The SMILES string of the molecule is Cc1ccc(NC(=O)c2c[nH]c3c2-c2nccn2[C@H](C)C3)c(F)c1. The first-order valence-electron chi connectivity index (χ1n) is 7.85. The molecular formula is C18H17FN4O. The summed E-state index contributed by atoms with van der Waals surface area (Å²) in [4.78, 5) is 20.2. The number of anilines is 1. The van der Waals surface area contributed by atoms with E-state index in [-0.39, 0.29) is 17.6 Å². The Labute approximate surface area is 138 Å². The van der Waals surface area contributed by atoms with Crippen LogP contribution < -0.4 is 5.32 Å². The molecule has 0 fully saturated rings. The molecule has 1 amide bonds. The largest absolute Gasteiger partial charge is 0.364 e. The molecule has 4 rings (SSSR count). The van der Waals surface area contributed by atoms with Crippen LogP contribution in [0.15, 0.2) is 36.8 Å². The van der Waals surface area contributed by atoms with Crippen LogP contribution in [0.1, 0.15) is 34.6 Å². The maximum atomic E-state index is 14.0. The molecule has 0 unspecified atom stereocenters. The van der Waals surface area contributed by atoms with Crippen LogP contribution in [0.2, 0.25) is 0 Å². The van der Waals surface area contributed by atoms with Gasteiger partial charge in [0.05, 0.1) is 16.8 Å². The second kappa shape index (κ2) is 5.33. The molecule has 0 saturated carbocycles. The van der Waals surface area contributed by atoms with Crippen LogP contribution in [0.4, 0.5) is 10.1 Å². The third kappa shape index (κ3) is 2.22. The maximum absolute atomic E-state index is 14.0. The number of halogens is 1. The number of nitrogens with one attached hydrogen (secondary N) is 2. The van der Waals surface area contributed by atoms with E-state index in [0.29, 0.717) is 5.56 Å². The van der Waals surface area contributed by atoms with Crippen LogP contribution >= 0.6 is 0 Å². The molecule has 0 saturated heterocycles. The fraction of sp³-hybridized carbons (Fsp3) is 0.222. The standard InChI is InChI=1S/C18H17FN4O/c1-10-3-4-14(13(19)7-10)22-18(24)12-9-21-15-8-11(2)23-6-5-20-17(23)16(12)15/h3-7,9,11,21H,8H2,1-2H3,(H,22,24)/t11-/m1/s1. The normalized spacial score (nSPS) is 15.7. The Morgan fingerprint density at radius 3 is 3.08 bits per heavy atom. The van der Waals surface area contributed by atoms with Gasteiger partial charge >= 0.3 is 0 Å². The summed E-state index contributed by atoms with van der Waals surface area (Å²) in [6, 6.07) is 5.01. The lowest BCUT2D eigenvalue weighted by Gasteiger charge is -2.22. The monoisotopic (exact) mass is 324 g/mol. The Bertz CT molecular complexity index is 940. The molecule has 0 aliphatic carbocycles. The minimum Gasteiger partial charge on any atom is -0.364 e. The van der Waals surface area contributed by atoms with E-state index in [1.807, 2.05) is 6.20 Å². The average molecular weight is 324 g/mol. The van der Waals surface area contributed by atoms with Gasteiger partial charge in [-0.3, -0.25) is 4.79 Å². The number of H-pyrrole nitrogens is 1. The Kier molecular flexibility index (Phi) is 3.26. The van der Waals surface area contributed by atoms with E-state index >= 15 is 0 Å². The van der Waals surface area contributed by atoms with Crippen LogP contribution in [-0.2, 0) is 6.42 Å². The van der Waals surface area contributed by atoms with Crippen LogP contribution in [0.5, 0.6) is 0 Å². The van der Waals surface area contributed by atoms with E-state index in [1.165, 1.54) is 6.07 Å². The minimum absolute atomic E-state index is 0.174. The molecule has 0 bridgehead atoms. The Morgan fingerprint density at radius 2 is 2.29 bits per heavy atom. The highest BCUT2D eigenvalue weighted by atomic mass is 19.1. The summed E-state index contributed by atoms with van der Waals surface area (Å²) >= 11 is 0. The molecule has 3 heterocycles. The third-order valence-electron chi connectivity index (χ3n) is 4.45. The zero-order chi connectivity index (χ0) is 16.8. The zero-order valence-corrected chi connectivity index (χ0v) is 13.4. The number of hydrogen-bond acceptors (Lipinski definition) is 2. The second-order valence-corrected chi connectivity index (χ2v) is 6.20. The number of carbonyl (C=O) groups excluding carboxylic acids is 1. The summed E-state index contributed by atoms with van der Waals surface area (Å²) in [5.74, 6) is -0.0261. The highest BCUT2D eigenvalue weighted by Gasteiger charge is 2.28. The third-order valence-corrected chi connectivity index (χ3v) is 4.45.